The SMILES string of the molecule is CN1c2nc(OC[C@@]34CCCN3C[C@H](F)C4)nc3c(F)c(-c4ccc(F)c5sc(NC(=O)OC(C)(C)C)nc45)nc(c23)OC[C@@H]1CCO. The second kappa shape index (κ2) is 12.1. The number of likely N-dealkylation sites (N-methyl/N-ethyl adjacent to an activating group) is 1. The Morgan fingerprint density at radius 1 is 1.21 bits per heavy atom. The molecule has 0 bridgehead atoms. The first kappa shape index (κ1) is 32.5. The third kappa shape index (κ3) is 5.83. The van der Waals surface area contributed by atoms with E-state index in [1.807, 2.05) is 0 Å². The fourth-order valence-corrected chi connectivity index (χ4v) is 7.73. The second-order valence-corrected chi connectivity index (χ2v) is 14.5. The van der Waals surface area contributed by atoms with E-state index in [1.165, 1.54) is 12.1 Å². The fourth-order valence-electron chi connectivity index (χ4n) is 6.85. The molecule has 3 aromatic heterocycles. The molecule has 48 heavy (non-hydrogen) atoms. The minimum absolute atomic E-state index is 0.0478. The van der Waals surface area contributed by atoms with Crippen molar-refractivity contribution in [2.75, 3.05) is 50.2 Å². The number of rotatable bonds is 7. The number of amides is 1. The van der Waals surface area contributed by atoms with E-state index in [0.717, 1.165) is 30.7 Å². The van der Waals surface area contributed by atoms with Crippen LogP contribution < -0.4 is 19.7 Å². The molecule has 7 rings (SSSR count). The van der Waals surface area contributed by atoms with E-state index >= 15 is 8.78 Å². The van der Waals surface area contributed by atoms with E-state index in [0.29, 0.717) is 25.2 Å². The summed E-state index contributed by atoms with van der Waals surface area (Å²) in [5, 5.41) is 12.5. The average Bonchev–Trinajstić information content (AvgIpc) is 3.68. The van der Waals surface area contributed by atoms with E-state index in [2.05, 4.69) is 30.2 Å². The van der Waals surface area contributed by atoms with Crippen LogP contribution in [0.4, 0.5) is 28.9 Å². The monoisotopic (exact) mass is 687 g/mol. The van der Waals surface area contributed by atoms with Crippen molar-refractivity contribution >= 4 is 49.5 Å². The minimum Gasteiger partial charge on any atom is -0.475 e. The lowest BCUT2D eigenvalue weighted by Gasteiger charge is -2.31. The van der Waals surface area contributed by atoms with Crippen molar-refractivity contribution in [3.63, 3.8) is 0 Å². The molecule has 2 fully saturated rings. The van der Waals surface area contributed by atoms with Crippen molar-refractivity contribution in [2.24, 2.45) is 0 Å². The van der Waals surface area contributed by atoms with Crippen molar-refractivity contribution in [3.8, 4) is 23.1 Å². The summed E-state index contributed by atoms with van der Waals surface area (Å²) in [4.78, 5) is 34.4. The zero-order chi connectivity index (χ0) is 34.0. The van der Waals surface area contributed by atoms with E-state index in [9.17, 15) is 14.3 Å². The molecule has 16 heteroatoms. The summed E-state index contributed by atoms with van der Waals surface area (Å²) < 4.78 is 63.9. The van der Waals surface area contributed by atoms with Crippen LogP contribution in [0.3, 0.4) is 0 Å². The summed E-state index contributed by atoms with van der Waals surface area (Å²) in [7, 11) is 1.76. The molecular formula is C32H36F3N7O5S. The number of pyridine rings is 1. The minimum atomic E-state index is -0.953. The molecule has 3 aliphatic heterocycles. The summed E-state index contributed by atoms with van der Waals surface area (Å²) in [5.41, 5.74) is -1.38. The number of carbonyl (C=O) groups excluding carboxylic acids is 1. The molecule has 1 amide bonds. The first-order valence-electron chi connectivity index (χ1n) is 15.8. The van der Waals surface area contributed by atoms with Crippen LogP contribution in [0.25, 0.3) is 32.4 Å². The van der Waals surface area contributed by atoms with Gasteiger partial charge < -0.3 is 24.2 Å². The van der Waals surface area contributed by atoms with Gasteiger partial charge in [0.1, 0.15) is 53.2 Å². The molecular weight excluding hydrogens is 651 g/mol. The zero-order valence-electron chi connectivity index (χ0n) is 27.0. The quantitative estimate of drug-likeness (QED) is 0.257. The highest BCUT2D eigenvalue weighted by atomic mass is 32.1. The van der Waals surface area contributed by atoms with Gasteiger partial charge in [-0.25, -0.2) is 27.9 Å². The number of ether oxygens (including phenoxy) is 3. The maximum atomic E-state index is 16.8. The first-order chi connectivity index (χ1) is 22.9. The highest BCUT2D eigenvalue weighted by Crippen LogP contribution is 2.44. The number of nitrogens with one attached hydrogen (secondary N) is 1. The summed E-state index contributed by atoms with van der Waals surface area (Å²) in [6, 6.07) is 2.09. The number of aliphatic hydroxyl groups is 1. The van der Waals surface area contributed by atoms with Crippen molar-refractivity contribution in [1.82, 2.24) is 24.8 Å². The maximum absolute atomic E-state index is 16.8. The molecule has 0 unspecified atom stereocenters. The number of hydrogen-bond donors (Lipinski definition) is 2. The molecule has 1 aromatic carbocycles. The van der Waals surface area contributed by atoms with Crippen LogP contribution in [0.5, 0.6) is 11.9 Å². The van der Waals surface area contributed by atoms with Gasteiger partial charge in [0, 0.05) is 32.2 Å². The Hall–Kier alpha value is -4.02. The number of benzene rings is 1. The van der Waals surface area contributed by atoms with Crippen molar-refractivity contribution in [2.45, 2.75) is 69.8 Å². The highest BCUT2D eigenvalue weighted by molar-refractivity contribution is 7.22. The number of halogens is 3. The Labute approximate surface area is 278 Å². The van der Waals surface area contributed by atoms with Gasteiger partial charge in [0.25, 0.3) is 0 Å². The lowest BCUT2D eigenvalue weighted by Crippen LogP contribution is -2.43. The number of thiazole rings is 1. The number of fused-ring (bicyclic) bond motifs is 2. The number of hydrogen-bond acceptors (Lipinski definition) is 12. The third-order valence-corrected chi connectivity index (χ3v) is 10.0. The van der Waals surface area contributed by atoms with Crippen LogP contribution in [0.1, 0.15) is 46.5 Å². The molecule has 4 aromatic rings. The molecule has 0 saturated carbocycles. The second-order valence-electron chi connectivity index (χ2n) is 13.5. The predicted octanol–water partition coefficient (Wildman–Crippen LogP) is 5.46. The van der Waals surface area contributed by atoms with Crippen molar-refractivity contribution in [3.05, 3.63) is 23.8 Å². The van der Waals surface area contributed by atoms with E-state index in [-0.39, 0.29) is 75.3 Å². The van der Waals surface area contributed by atoms with Crippen LogP contribution in [-0.2, 0) is 4.74 Å². The Morgan fingerprint density at radius 3 is 2.79 bits per heavy atom. The first-order valence-corrected chi connectivity index (χ1v) is 16.7. The molecule has 3 atom stereocenters. The van der Waals surface area contributed by atoms with Crippen molar-refractivity contribution < 1.29 is 37.3 Å². The van der Waals surface area contributed by atoms with Gasteiger partial charge in [-0.15, -0.1) is 0 Å². The Bertz CT molecular complexity index is 1910. The largest absolute Gasteiger partial charge is 0.475 e. The Balaban J connectivity index is 1.33. The Kier molecular flexibility index (Phi) is 8.23. The predicted molar refractivity (Wildman–Crippen MR) is 174 cm³/mol. The van der Waals surface area contributed by atoms with Gasteiger partial charge in [-0.1, -0.05) is 11.3 Å². The molecule has 256 valence electrons. The topological polar surface area (TPSA) is 135 Å². The Morgan fingerprint density at radius 2 is 2.02 bits per heavy atom. The normalized spacial score (nSPS) is 22.5. The van der Waals surface area contributed by atoms with Gasteiger partial charge >= 0.3 is 12.1 Å². The summed E-state index contributed by atoms with van der Waals surface area (Å²) in [6.07, 6.45) is 0.642. The average molecular weight is 688 g/mol. The summed E-state index contributed by atoms with van der Waals surface area (Å²) in [6.45, 7) is 6.36. The standard InChI is InChI=1S/C32H36F3N7O5S/c1-31(2,3)47-30(44)40-29-38-23-18(6-7-19(34)25(23)48-29)22-21(35)24-20-26(41(4)17(8-11-43)14-45-27(20)36-22)39-28(37-24)46-15-32-9-5-10-42(32)13-16(33)12-32/h6-7,16-17,43H,5,8-15H2,1-4H3,(H,38,40,44)/t16-,17+,32+/m1/s1. The van der Waals surface area contributed by atoms with Crippen LogP contribution in [0, 0.1) is 11.6 Å². The number of anilines is 2. The van der Waals surface area contributed by atoms with Gasteiger partial charge in [0.15, 0.2) is 10.9 Å². The van der Waals surface area contributed by atoms with Crippen LogP contribution in [0.2, 0.25) is 0 Å². The molecule has 0 aliphatic carbocycles. The van der Waals surface area contributed by atoms with E-state index < -0.39 is 35.0 Å². The van der Waals surface area contributed by atoms with Crippen LogP contribution in [0.15, 0.2) is 12.1 Å². The van der Waals surface area contributed by atoms with Gasteiger partial charge in [-0.3, -0.25) is 10.2 Å². The highest BCUT2D eigenvalue weighted by Gasteiger charge is 2.49. The lowest BCUT2D eigenvalue weighted by atomic mass is 9.95. The maximum Gasteiger partial charge on any atom is 0.413 e. The molecule has 3 aliphatic rings. The van der Waals surface area contributed by atoms with E-state index in [1.54, 1.807) is 32.7 Å². The van der Waals surface area contributed by atoms with Gasteiger partial charge in [0.05, 0.1) is 21.8 Å². The number of carbonyl (C=O) groups is 1. The molecule has 2 N–H and O–H groups in total. The van der Waals surface area contributed by atoms with Crippen LogP contribution in [-0.4, -0.2) is 99.3 Å². The number of nitrogens with zero attached hydrogens (tertiary/aromatic N) is 6. The fraction of sp³-hybridized carbons (Fsp3) is 0.531. The van der Waals surface area contributed by atoms with Gasteiger partial charge in [-0.05, 0) is 58.7 Å². The number of aliphatic hydroxyl groups excluding tert-OH is 1. The summed E-state index contributed by atoms with van der Waals surface area (Å²) >= 11 is 0.871. The smallest absolute Gasteiger partial charge is 0.413 e. The van der Waals surface area contributed by atoms with Gasteiger partial charge in [-0.2, -0.15) is 9.97 Å². The van der Waals surface area contributed by atoms with Gasteiger partial charge in [0.2, 0.25) is 5.88 Å². The summed E-state index contributed by atoms with van der Waals surface area (Å²) in [5.74, 6) is -1.11. The lowest BCUT2D eigenvalue weighted by molar-refractivity contribution is 0.0636. The van der Waals surface area contributed by atoms with Crippen LogP contribution >= 0.6 is 11.3 Å². The number of alkyl halides is 1. The molecule has 2 saturated heterocycles. The zero-order valence-corrected chi connectivity index (χ0v) is 27.8. The number of aromatic nitrogens is 4. The molecule has 0 spiro atoms. The molecule has 0 radical (unpaired) electrons. The van der Waals surface area contributed by atoms with E-state index in [4.69, 9.17) is 14.2 Å². The molecule has 12 nitrogen and oxygen atoms in total. The van der Waals surface area contributed by atoms with Crippen molar-refractivity contribution in [1.29, 1.82) is 0 Å². The molecule has 6 heterocycles. The third-order valence-electron chi connectivity index (χ3n) is 9.06.